The highest BCUT2D eigenvalue weighted by atomic mass is 35.5. The second kappa shape index (κ2) is 9.12. The Labute approximate surface area is 186 Å². The molecule has 3 aromatic carbocycles. The first kappa shape index (κ1) is 20.8. The van der Waals surface area contributed by atoms with Gasteiger partial charge in [0.1, 0.15) is 23.3 Å². The molecule has 6 nitrogen and oxygen atoms in total. The molecule has 0 aliphatic carbocycles. The van der Waals surface area contributed by atoms with Crippen LogP contribution in [0.5, 0.6) is 17.2 Å². The van der Waals surface area contributed by atoms with Gasteiger partial charge in [-0.3, -0.25) is 9.59 Å². The molecule has 0 fully saturated rings. The number of hydrogen-bond donors (Lipinski definition) is 1. The number of carbonyl (C=O) groups is 1. The third-order valence-electron chi connectivity index (χ3n) is 4.27. The van der Waals surface area contributed by atoms with Crippen molar-refractivity contribution in [3.05, 3.63) is 93.3 Å². The van der Waals surface area contributed by atoms with Crippen molar-refractivity contribution < 1.29 is 18.7 Å². The molecule has 0 aliphatic heterocycles. The Bertz CT molecular complexity index is 1300. The highest BCUT2D eigenvalue weighted by Gasteiger charge is 2.12. The fourth-order valence-corrected chi connectivity index (χ4v) is 3.08. The van der Waals surface area contributed by atoms with Crippen molar-refractivity contribution in [1.82, 2.24) is 0 Å². The predicted octanol–water partition coefficient (Wildman–Crippen LogP) is 5.91. The van der Waals surface area contributed by atoms with Gasteiger partial charge in [-0.05, 0) is 48.5 Å². The quantitative estimate of drug-likeness (QED) is 0.390. The van der Waals surface area contributed by atoms with Crippen LogP contribution in [0.25, 0.3) is 11.0 Å². The number of para-hydroxylation sites is 1. The Kier molecular flexibility index (Phi) is 6.11. The number of fused-ring (bicyclic) bond motifs is 1. The van der Waals surface area contributed by atoms with Crippen LogP contribution in [0.3, 0.4) is 0 Å². The molecular formula is C23H15Cl2NO5. The zero-order chi connectivity index (χ0) is 21.8. The van der Waals surface area contributed by atoms with Crippen LogP contribution >= 0.6 is 23.2 Å². The van der Waals surface area contributed by atoms with Gasteiger partial charge >= 0.3 is 0 Å². The summed E-state index contributed by atoms with van der Waals surface area (Å²) in [4.78, 5) is 24.8. The second-order valence-corrected chi connectivity index (χ2v) is 7.31. The molecule has 0 unspecified atom stereocenters. The van der Waals surface area contributed by atoms with Crippen LogP contribution < -0.4 is 20.2 Å². The maximum absolute atomic E-state index is 12.7. The van der Waals surface area contributed by atoms with Gasteiger partial charge in [0.05, 0.1) is 10.4 Å². The van der Waals surface area contributed by atoms with Gasteiger partial charge in [-0.25, -0.2) is 0 Å². The van der Waals surface area contributed by atoms with Crippen LogP contribution in [-0.4, -0.2) is 12.5 Å². The zero-order valence-corrected chi connectivity index (χ0v) is 17.4. The average molecular weight is 456 g/mol. The van der Waals surface area contributed by atoms with E-state index >= 15 is 0 Å². The fraction of sp³-hybridized carbons (Fsp3) is 0.0435. The number of rotatable bonds is 6. The summed E-state index contributed by atoms with van der Waals surface area (Å²) in [5.41, 5.74) is 0.550. The molecule has 0 aliphatic rings. The van der Waals surface area contributed by atoms with E-state index in [1.807, 2.05) is 0 Å². The van der Waals surface area contributed by atoms with E-state index in [1.54, 1.807) is 60.7 Å². The Morgan fingerprint density at radius 1 is 0.968 bits per heavy atom. The first-order chi connectivity index (χ1) is 15.0. The first-order valence-electron chi connectivity index (χ1n) is 9.16. The summed E-state index contributed by atoms with van der Waals surface area (Å²) in [6, 6.07) is 18.2. The Balaban J connectivity index is 1.46. The molecule has 0 saturated heterocycles. The normalized spacial score (nSPS) is 10.6. The van der Waals surface area contributed by atoms with Crippen molar-refractivity contribution in [2.45, 2.75) is 0 Å². The zero-order valence-electron chi connectivity index (χ0n) is 15.9. The minimum atomic E-state index is -0.354. The summed E-state index contributed by atoms with van der Waals surface area (Å²) in [6.45, 7) is -0.216. The van der Waals surface area contributed by atoms with E-state index < -0.39 is 0 Å². The lowest BCUT2D eigenvalue weighted by molar-refractivity contribution is -0.118. The lowest BCUT2D eigenvalue weighted by atomic mass is 10.2. The van der Waals surface area contributed by atoms with Gasteiger partial charge in [-0.2, -0.15) is 0 Å². The predicted molar refractivity (Wildman–Crippen MR) is 120 cm³/mol. The summed E-state index contributed by atoms with van der Waals surface area (Å²) < 4.78 is 16.6. The van der Waals surface area contributed by atoms with Gasteiger partial charge in [0.25, 0.3) is 5.91 Å². The van der Waals surface area contributed by atoms with Gasteiger partial charge in [-0.15, -0.1) is 0 Å². The molecule has 156 valence electrons. The second-order valence-electron chi connectivity index (χ2n) is 6.46. The van der Waals surface area contributed by atoms with Crippen molar-refractivity contribution in [1.29, 1.82) is 0 Å². The van der Waals surface area contributed by atoms with Gasteiger partial charge < -0.3 is 19.2 Å². The SMILES string of the molecule is O=C(COc1ccc2c(=O)c(Oc3ccccc3Cl)coc2c1)Nc1ccc(Cl)cc1. The molecule has 1 aromatic heterocycles. The number of nitrogens with one attached hydrogen (secondary N) is 1. The van der Waals surface area contributed by atoms with Gasteiger partial charge in [0.15, 0.2) is 6.61 Å². The Morgan fingerprint density at radius 3 is 2.52 bits per heavy atom. The van der Waals surface area contributed by atoms with E-state index in [2.05, 4.69) is 5.32 Å². The fourth-order valence-electron chi connectivity index (χ4n) is 2.78. The van der Waals surface area contributed by atoms with Crippen molar-refractivity contribution >= 4 is 45.8 Å². The van der Waals surface area contributed by atoms with Gasteiger partial charge in [0, 0.05) is 16.8 Å². The molecule has 0 atom stereocenters. The number of hydrogen-bond acceptors (Lipinski definition) is 5. The summed E-state index contributed by atoms with van der Waals surface area (Å²) in [7, 11) is 0. The number of carbonyl (C=O) groups excluding carboxylic acids is 1. The molecule has 1 amide bonds. The highest BCUT2D eigenvalue weighted by molar-refractivity contribution is 6.32. The number of halogens is 2. The number of benzene rings is 3. The molecule has 8 heteroatoms. The summed E-state index contributed by atoms with van der Waals surface area (Å²) in [5.74, 6) is 0.396. The third kappa shape index (κ3) is 4.99. The van der Waals surface area contributed by atoms with E-state index in [0.29, 0.717) is 38.2 Å². The topological polar surface area (TPSA) is 77.8 Å². The average Bonchev–Trinajstić information content (AvgIpc) is 2.77. The monoisotopic (exact) mass is 455 g/mol. The Morgan fingerprint density at radius 2 is 1.74 bits per heavy atom. The molecule has 4 aromatic rings. The number of ether oxygens (including phenoxy) is 2. The van der Waals surface area contributed by atoms with Crippen LogP contribution in [-0.2, 0) is 4.79 Å². The van der Waals surface area contributed by atoms with E-state index in [0.717, 1.165) is 0 Å². The van der Waals surface area contributed by atoms with E-state index in [-0.39, 0.29) is 23.7 Å². The van der Waals surface area contributed by atoms with Crippen LogP contribution in [0.4, 0.5) is 5.69 Å². The van der Waals surface area contributed by atoms with Gasteiger partial charge in [0.2, 0.25) is 11.2 Å². The molecule has 0 bridgehead atoms. The lowest BCUT2D eigenvalue weighted by Crippen LogP contribution is -2.20. The summed E-state index contributed by atoms with van der Waals surface area (Å²) in [5, 5.41) is 3.96. The van der Waals surface area contributed by atoms with Crippen LogP contribution in [0.2, 0.25) is 10.0 Å². The molecule has 0 radical (unpaired) electrons. The number of anilines is 1. The molecule has 4 rings (SSSR count). The summed E-state index contributed by atoms with van der Waals surface area (Å²) >= 11 is 11.9. The van der Waals surface area contributed by atoms with Crippen molar-refractivity contribution in [2.75, 3.05) is 11.9 Å². The third-order valence-corrected chi connectivity index (χ3v) is 4.83. The van der Waals surface area contributed by atoms with E-state index in [9.17, 15) is 9.59 Å². The minimum Gasteiger partial charge on any atom is -0.484 e. The largest absolute Gasteiger partial charge is 0.484 e. The highest BCUT2D eigenvalue weighted by Crippen LogP contribution is 2.29. The van der Waals surface area contributed by atoms with Crippen LogP contribution in [0.1, 0.15) is 0 Å². The van der Waals surface area contributed by atoms with Gasteiger partial charge in [-0.1, -0.05) is 35.3 Å². The first-order valence-corrected chi connectivity index (χ1v) is 9.91. The Hall–Kier alpha value is -3.48. The lowest BCUT2D eigenvalue weighted by Gasteiger charge is -2.09. The minimum absolute atomic E-state index is 0.0108. The van der Waals surface area contributed by atoms with Crippen LogP contribution in [0, 0.1) is 0 Å². The van der Waals surface area contributed by atoms with Crippen LogP contribution in [0.15, 0.2) is 82.2 Å². The van der Waals surface area contributed by atoms with Crippen molar-refractivity contribution in [2.24, 2.45) is 0 Å². The standard InChI is InChI=1S/C23H15Cl2NO5/c24-14-5-7-15(8-6-14)26-22(27)13-29-16-9-10-17-20(11-16)30-12-21(23(17)28)31-19-4-2-1-3-18(19)25/h1-12H,13H2,(H,26,27). The van der Waals surface area contributed by atoms with Crippen molar-refractivity contribution in [3.8, 4) is 17.2 Å². The molecule has 31 heavy (non-hydrogen) atoms. The van der Waals surface area contributed by atoms with E-state index in [4.69, 9.17) is 37.1 Å². The molecule has 0 saturated carbocycles. The summed E-state index contributed by atoms with van der Waals surface area (Å²) in [6.07, 6.45) is 1.21. The molecule has 1 N–H and O–H groups in total. The molecule has 1 heterocycles. The maximum Gasteiger partial charge on any atom is 0.262 e. The van der Waals surface area contributed by atoms with E-state index in [1.165, 1.54) is 12.3 Å². The number of amides is 1. The smallest absolute Gasteiger partial charge is 0.262 e. The molecular weight excluding hydrogens is 441 g/mol. The molecule has 0 spiro atoms. The maximum atomic E-state index is 12.7. The van der Waals surface area contributed by atoms with Crippen molar-refractivity contribution in [3.63, 3.8) is 0 Å².